The van der Waals surface area contributed by atoms with Crippen molar-refractivity contribution in [3.05, 3.63) is 53.0 Å². The molecule has 37 heavy (non-hydrogen) atoms. The smallest absolute Gasteiger partial charge is 0.416 e. The molecule has 4 rings (SSSR count). The summed E-state index contributed by atoms with van der Waals surface area (Å²) >= 11 is 1.62. The fourth-order valence-corrected chi connectivity index (χ4v) is 5.92. The number of alkyl halides is 3. The number of hydrogen-bond acceptors (Lipinski definition) is 8. The van der Waals surface area contributed by atoms with Gasteiger partial charge < -0.3 is 9.84 Å². The van der Waals surface area contributed by atoms with E-state index in [1.165, 1.54) is 0 Å². The second kappa shape index (κ2) is 11.6. The van der Waals surface area contributed by atoms with Crippen LogP contribution >= 0.6 is 11.3 Å². The minimum absolute atomic E-state index is 0.142. The predicted octanol–water partition coefficient (Wildman–Crippen LogP) is 2.96. The summed E-state index contributed by atoms with van der Waals surface area (Å²) in [6.07, 6.45) is -5.17. The summed E-state index contributed by atoms with van der Waals surface area (Å²) in [4.78, 5) is 8.47. The third kappa shape index (κ3) is 7.62. The lowest BCUT2D eigenvalue weighted by Gasteiger charge is -2.35. The van der Waals surface area contributed by atoms with Gasteiger partial charge in [-0.15, -0.1) is 11.3 Å². The van der Waals surface area contributed by atoms with Crippen LogP contribution in [0.4, 0.5) is 13.2 Å². The van der Waals surface area contributed by atoms with Crippen LogP contribution in [0.25, 0.3) is 10.2 Å². The van der Waals surface area contributed by atoms with Crippen LogP contribution in [-0.2, 0) is 16.2 Å². The summed E-state index contributed by atoms with van der Waals surface area (Å²) in [7, 11) is -3.90. The third-order valence-corrected chi connectivity index (χ3v) is 8.48. The number of aromatic nitrogens is 1. The van der Waals surface area contributed by atoms with Gasteiger partial charge >= 0.3 is 6.18 Å². The lowest BCUT2D eigenvalue weighted by atomic mass is 10.2. The van der Waals surface area contributed by atoms with E-state index in [1.54, 1.807) is 11.3 Å². The number of aryl methyl sites for hydroxylation is 1. The molecule has 0 unspecified atom stereocenters. The Morgan fingerprint density at radius 1 is 1.11 bits per heavy atom. The van der Waals surface area contributed by atoms with E-state index in [0.717, 1.165) is 39.5 Å². The Morgan fingerprint density at radius 2 is 1.78 bits per heavy atom. The topological polar surface area (TPSA) is 95.0 Å². The van der Waals surface area contributed by atoms with Crippen LogP contribution in [0.3, 0.4) is 0 Å². The first-order valence-electron chi connectivity index (χ1n) is 11.8. The highest BCUT2D eigenvalue weighted by atomic mass is 32.2. The second-order valence-corrected chi connectivity index (χ2v) is 11.9. The molecule has 2 aromatic carbocycles. The zero-order valence-corrected chi connectivity index (χ0v) is 21.9. The van der Waals surface area contributed by atoms with Crippen molar-refractivity contribution in [1.82, 2.24) is 19.5 Å². The Labute approximate surface area is 217 Å². The summed E-state index contributed by atoms with van der Waals surface area (Å²) in [5.41, 5.74) is -0.0134. The van der Waals surface area contributed by atoms with E-state index in [-0.39, 0.29) is 18.0 Å². The highest BCUT2D eigenvalue weighted by molar-refractivity contribution is 7.89. The lowest BCUT2D eigenvalue weighted by molar-refractivity contribution is -0.137. The van der Waals surface area contributed by atoms with Crippen LogP contribution in [0.1, 0.15) is 10.6 Å². The molecule has 0 bridgehead atoms. The monoisotopic (exact) mass is 558 g/mol. The number of sulfonamides is 1. The molecule has 1 saturated heterocycles. The first kappa shape index (κ1) is 27.7. The molecule has 1 fully saturated rings. The van der Waals surface area contributed by atoms with Gasteiger partial charge in [-0.2, -0.15) is 13.2 Å². The molecule has 13 heteroatoms. The molecule has 1 aliphatic rings. The fraction of sp³-hybridized carbons (Fsp3) is 0.458. The SMILES string of the molecule is Cc1nc2cc(OC[C@H](O)CN3CCN(CCNS(=O)(=O)c4ccc(C(F)(F)F)cc4)CC3)ccc2s1. The second-order valence-electron chi connectivity index (χ2n) is 8.89. The van der Waals surface area contributed by atoms with E-state index < -0.39 is 27.9 Å². The number of aliphatic hydroxyl groups is 1. The Balaban J connectivity index is 1.15. The first-order chi connectivity index (χ1) is 17.5. The van der Waals surface area contributed by atoms with E-state index in [2.05, 4.69) is 19.5 Å². The Bertz CT molecular complexity index is 1290. The van der Waals surface area contributed by atoms with Crippen molar-refractivity contribution in [2.75, 3.05) is 52.4 Å². The number of piperazine rings is 1. The van der Waals surface area contributed by atoms with Crippen LogP contribution in [-0.4, -0.2) is 86.8 Å². The molecule has 3 aromatic rings. The number of halogens is 3. The molecule has 1 atom stereocenters. The van der Waals surface area contributed by atoms with Gasteiger partial charge in [0.2, 0.25) is 10.0 Å². The number of benzene rings is 2. The number of ether oxygens (including phenoxy) is 1. The molecule has 0 radical (unpaired) electrons. The number of hydrogen-bond donors (Lipinski definition) is 2. The van der Waals surface area contributed by atoms with Gasteiger partial charge in [-0.25, -0.2) is 18.1 Å². The summed E-state index contributed by atoms with van der Waals surface area (Å²) in [6, 6.07) is 9.13. The maximum atomic E-state index is 12.7. The molecule has 0 spiro atoms. The number of nitrogens with zero attached hydrogens (tertiary/aromatic N) is 3. The molecule has 2 heterocycles. The van der Waals surface area contributed by atoms with Crippen LogP contribution in [0.2, 0.25) is 0 Å². The quantitative estimate of drug-likeness (QED) is 0.395. The van der Waals surface area contributed by atoms with Gasteiger partial charge in [0.1, 0.15) is 18.5 Å². The van der Waals surface area contributed by atoms with Gasteiger partial charge in [0.05, 0.1) is 25.7 Å². The fourth-order valence-electron chi connectivity index (χ4n) is 4.10. The third-order valence-electron chi connectivity index (χ3n) is 6.05. The predicted molar refractivity (Wildman–Crippen MR) is 135 cm³/mol. The van der Waals surface area contributed by atoms with Crippen molar-refractivity contribution in [1.29, 1.82) is 0 Å². The summed E-state index contributed by atoms with van der Waals surface area (Å²) in [5, 5.41) is 11.4. The van der Waals surface area contributed by atoms with E-state index in [9.17, 15) is 26.7 Å². The molecule has 1 aromatic heterocycles. The van der Waals surface area contributed by atoms with Crippen LogP contribution in [0, 0.1) is 6.92 Å². The molecular formula is C24H29F3N4O4S2. The standard InChI is InChI=1S/C24H29F3N4O4S2/c1-17-29-22-14-20(4-7-23(22)36-17)35-16-19(32)15-31-12-10-30(11-13-31)9-8-28-37(33,34)21-5-2-18(3-6-21)24(25,26)27/h2-7,14,19,28,32H,8-13,15-16H2,1H3/t19-/m1/s1. The van der Waals surface area contributed by atoms with Gasteiger partial charge in [-0.3, -0.25) is 9.80 Å². The number of thiazole rings is 1. The maximum absolute atomic E-state index is 12.7. The number of nitrogens with one attached hydrogen (secondary N) is 1. The van der Waals surface area contributed by atoms with Crippen molar-refractivity contribution in [2.45, 2.75) is 24.1 Å². The Kier molecular flexibility index (Phi) is 8.71. The Hall–Kier alpha value is -2.29. The molecule has 0 amide bonds. The van der Waals surface area contributed by atoms with Crippen molar-refractivity contribution in [2.24, 2.45) is 0 Å². The maximum Gasteiger partial charge on any atom is 0.416 e. The van der Waals surface area contributed by atoms with Crippen molar-refractivity contribution in [3.8, 4) is 5.75 Å². The van der Waals surface area contributed by atoms with Gasteiger partial charge in [0.25, 0.3) is 0 Å². The minimum atomic E-state index is -4.52. The van der Waals surface area contributed by atoms with E-state index in [1.807, 2.05) is 25.1 Å². The van der Waals surface area contributed by atoms with E-state index in [4.69, 9.17) is 4.74 Å². The molecule has 8 nitrogen and oxygen atoms in total. The highest BCUT2D eigenvalue weighted by Crippen LogP contribution is 2.29. The highest BCUT2D eigenvalue weighted by Gasteiger charge is 2.30. The van der Waals surface area contributed by atoms with Gasteiger partial charge in [0, 0.05) is 51.9 Å². The minimum Gasteiger partial charge on any atom is -0.491 e. The van der Waals surface area contributed by atoms with Gasteiger partial charge in [-0.1, -0.05) is 0 Å². The molecule has 0 aliphatic carbocycles. The van der Waals surface area contributed by atoms with Crippen LogP contribution in [0.15, 0.2) is 47.4 Å². The molecule has 0 saturated carbocycles. The zero-order chi connectivity index (χ0) is 26.6. The molecule has 1 aliphatic heterocycles. The normalized spacial score (nSPS) is 16.8. The van der Waals surface area contributed by atoms with Crippen molar-refractivity contribution >= 4 is 31.6 Å². The van der Waals surface area contributed by atoms with E-state index >= 15 is 0 Å². The number of β-amino-alcohol motifs (C(OH)–C–C–N with tert-alkyl or cyclic N) is 1. The zero-order valence-electron chi connectivity index (χ0n) is 20.2. The number of fused-ring (bicyclic) bond motifs is 1. The van der Waals surface area contributed by atoms with Gasteiger partial charge in [0.15, 0.2) is 0 Å². The molecule has 202 valence electrons. The number of aliphatic hydroxyl groups excluding tert-OH is 1. The number of rotatable bonds is 10. The largest absolute Gasteiger partial charge is 0.491 e. The van der Waals surface area contributed by atoms with Crippen molar-refractivity contribution < 1.29 is 31.4 Å². The van der Waals surface area contributed by atoms with Crippen LogP contribution < -0.4 is 9.46 Å². The first-order valence-corrected chi connectivity index (χ1v) is 14.1. The van der Waals surface area contributed by atoms with E-state index in [0.29, 0.717) is 45.0 Å². The average molecular weight is 559 g/mol. The molecule has 2 N–H and O–H groups in total. The summed E-state index contributed by atoms with van der Waals surface area (Å²) < 4.78 is 72.1. The summed E-state index contributed by atoms with van der Waals surface area (Å²) in [5.74, 6) is 0.667. The van der Waals surface area contributed by atoms with Crippen molar-refractivity contribution in [3.63, 3.8) is 0 Å². The average Bonchev–Trinajstić information content (AvgIpc) is 3.22. The Morgan fingerprint density at radius 3 is 2.46 bits per heavy atom. The van der Waals surface area contributed by atoms with Crippen LogP contribution in [0.5, 0.6) is 5.75 Å². The molecular weight excluding hydrogens is 529 g/mol. The summed E-state index contributed by atoms with van der Waals surface area (Å²) in [6.45, 7) is 6.04. The van der Waals surface area contributed by atoms with Gasteiger partial charge in [-0.05, 0) is 43.3 Å². The lowest BCUT2D eigenvalue weighted by Crippen LogP contribution is -2.50.